The van der Waals surface area contributed by atoms with Gasteiger partial charge in [-0.25, -0.2) is 0 Å². The largest absolute Gasteiger partial charge is 0.377 e. The first-order valence-electron chi connectivity index (χ1n) is 6.81. The highest BCUT2D eigenvalue weighted by Gasteiger charge is 2.28. The van der Waals surface area contributed by atoms with Gasteiger partial charge in [0.15, 0.2) is 0 Å². The Hall–Kier alpha value is -1.06. The number of ether oxygens (including phenoxy) is 1. The van der Waals surface area contributed by atoms with Gasteiger partial charge in [0.25, 0.3) is 0 Å². The van der Waals surface area contributed by atoms with Gasteiger partial charge in [0.1, 0.15) is 5.38 Å². The fourth-order valence-corrected chi connectivity index (χ4v) is 2.72. The molecule has 4 heteroatoms. The number of nitrogens with zero attached hydrogens (tertiary/aromatic N) is 1. The number of rotatable bonds is 4. The van der Waals surface area contributed by atoms with Crippen molar-refractivity contribution in [2.45, 2.75) is 31.2 Å². The molecule has 0 radical (unpaired) electrons. The van der Waals surface area contributed by atoms with Crippen molar-refractivity contribution in [3.8, 4) is 0 Å². The van der Waals surface area contributed by atoms with Gasteiger partial charge in [0.05, 0.1) is 6.10 Å². The van der Waals surface area contributed by atoms with Crippen molar-refractivity contribution < 1.29 is 9.53 Å². The summed E-state index contributed by atoms with van der Waals surface area (Å²) >= 11 is 6.28. The number of hydrogen-bond acceptors (Lipinski definition) is 2. The average Bonchev–Trinajstić information content (AvgIpc) is 2.47. The van der Waals surface area contributed by atoms with Crippen LogP contribution in [0.1, 0.15) is 30.7 Å². The molecule has 1 fully saturated rings. The maximum atomic E-state index is 12.4. The first-order chi connectivity index (χ1) is 9.22. The first kappa shape index (κ1) is 14.4. The molecule has 0 aliphatic carbocycles. The van der Waals surface area contributed by atoms with Crippen LogP contribution in [0.5, 0.6) is 0 Å². The lowest BCUT2D eigenvalue weighted by molar-refractivity contribution is -0.135. The van der Waals surface area contributed by atoms with Crippen LogP contribution in [0.4, 0.5) is 0 Å². The van der Waals surface area contributed by atoms with Gasteiger partial charge in [-0.2, -0.15) is 0 Å². The third-order valence-corrected chi connectivity index (χ3v) is 3.84. The molecule has 19 heavy (non-hydrogen) atoms. The van der Waals surface area contributed by atoms with Crippen LogP contribution in [-0.2, 0) is 9.53 Å². The summed E-state index contributed by atoms with van der Waals surface area (Å²) in [6.45, 7) is 4.10. The quantitative estimate of drug-likeness (QED) is 0.794. The Bertz CT molecular complexity index is 408. The van der Waals surface area contributed by atoms with Crippen molar-refractivity contribution in [1.82, 2.24) is 4.90 Å². The van der Waals surface area contributed by atoms with E-state index in [9.17, 15) is 4.79 Å². The van der Waals surface area contributed by atoms with Crippen molar-refractivity contribution in [2.75, 3.05) is 19.7 Å². The van der Waals surface area contributed by atoms with E-state index < -0.39 is 5.38 Å². The van der Waals surface area contributed by atoms with Gasteiger partial charge in [-0.15, -0.1) is 11.6 Å². The Balaban J connectivity index is 1.99. The van der Waals surface area contributed by atoms with Crippen LogP contribution < -0.4 is 0 Å². The Labute approximate surface area is 119 Å². The zero-order valence-corrected chi connectivity index (χ0v) is 12.0. The summed E-state index contributed by atoms with van der Waals surface area (Å²) in [6.07, 6.45) is 2.16. The molecule has 1 aliphatic heterocycles. The van der Waals surface area contributed by atoms with E-state index in [-0.39, 0.29) is 12.0 Å². The molecule has 0 bridgehead atoms. The second-order valence-corrected chi connectivity index (χ2v) is 5.21. The summed E-state index contributed by atoms with van der Waals surface area (Å²) in [7, 11) is 0. The molecule has 1 aliphatic rings. The monoisotopic (exact) mass is 281 g/mol. The van der Waals surface area contributed by atoms with Crippen molar-refractivity contribution in [3.63, 3.8) is 0 Å². The van der Waals surface area contributed by atoms with Crippen LogP contribution in [0.25, 0.3) is 0 Å². The topological polar surface area (TPSA) is 29.5 Å². The molecule has 0 spiro atoms. The predicted molar refractivity (Wildman–Crippen MR) is 76.3 cm³/mol. The molecule has 1 aromatic carbocycles. The third kappa shape index (κ3) is 3.71. The summed E-state index contributed by atoms with van der Waals surface area (Å²) < 4.78 is 5.61. The molecule has 3 nitrogen and oxygen atoms in total. The van der Waals surface area contributed by atoms with Gasteiger partial charge in [-0.05, 0) is 25.3 Å². The first-order valence-corrected chi connectivity index (χ1v) is 7.25. The fourth-order valence-electron chi connectivity index (χ4n) is 2.43. The number of carbonyl (C=O) groups is 1. The molecule has 2 atom stereocenters. The predicted octanol–water partition coefficient (Wildman–Crippen LogP) is 2.99. The molecule has 2 rings (SSSR count). The van der Waals surface area contributed by atoms with Gasteiger partial charge in [-0.3, -0.25) is 4.79 Å². The zero-order valence-electron chi connectivity index (χ0n) is 11.2. The molecule has 2 unspecified atom stereocenters. The number of hydrogen-bond donors (Lipinski definition) is 0. The smallest absolute Gasteiger partial charge is 0.245 e. The molecular formula is C15H20ClNO2. The molecule has 1 aromatic rings. The summed E-state index contributed by atoms with van der Waals surface area (Å²) in [6, 6.07) is 9.50. The number of amides is 1. The lowest BCUT2D eigenvalue weighted by Crippen LogP contribution is -2.44. The van der Waals surface area contributed by atoms with Gasteiger partial charge >= 0.3 is 0 Å². The van der Waals surface area contributed by atoms with E-state index in [1.807, 2.05) is 42.2 Å². The summed E-state index contributed by atoms with van der Waals surface area (Å²) in [5.41, 5.74) is 0.854. The number of halogens is 1. The fraction of sp³-hybridized carbons (Fsp3) is 0.533. The van der Waals surface area contributed by atoms with E-state index in [0.717, 1.165) is 24.9 Å². The van der Waals surface area contributed by atoms with Crippen molar-refractivity contribution in [2.24, 2.45) is 0 Å². The average molecular weight is 282 g/mol. The number of benzene rings is 1. The van der Waals surface area contributed by atoms with E-state index in [2.05, 4.69) is 0 Å². The molecule has 0 N–H and O–H groups in total. The highest BCUT2D eigenvalue weighted by molar-refractivity contribution is 6.30. The Morgan fingerprint density at radius 2 is 2.21 bits per heavy atom. The van der Waals surface area contributed by atoms with Gasteiger partial charge in [-0.1, -0.05) is 30.3 Å². The molecule has 0 aromatic heterocycles. The molecule has 1 saturated heterocycles. The summed E-state index contributed by atoms with van der Waals surface area (Å²) in [4.78, 5) is 14.2. The standard InChI is InChI=1S/C15H20ClNO2/c1-2-19-13-9-6-10-17(11-13)15(18)14(16)12-7-4-3-5-8-12/h3-5,7-8,13-14H,2,6,9-11H2,1H3. The number of likely N-dealkylation sites (tertiary alicyclic amines) is 1. The lowest BCUT2D eigenvalue weighted by Gasteiger charge is -2.33. The second-order valence-electron chi connectivity index (χ2n) is 4.78. The highest BCUT2D eigenvalue weighted by Crippen LogP contribution is 2.25. The van der Waals surface area contributed by atoms with Crippen LogP contribution in [0.2, 0.25) is 0 Å². The molecular weight excluding hydrogens is 262 g/mol. The normalized spacial score (nSPS) is 21.2. The maximum absolute atomic E-state index is 12.4. The minimum atomic E-state index is -0.596. The number of piperidine rings is 1. The zero-order chi connectivity index (χ0) is 13.7. The molecule has 1 heterocycles. The lowest BCUT2D eigenvalue weighted by atomic mass is 10.1. The van der Waals surface area contributed by atoms with Crippen molar-refractivity contribution in [3.05, 3.63) is 35.9 Å². The van der Waals surface area contributed by atoms with Crippen LogP contribution in [0.15, 0.2) is 30.3 Å². The van der Waals surface area contributed by atoms with E-state index in [1.165, 1.54) is 0 Å². The van der Waals surface area contributed by atoms with Crippen LogP contribution in [0, 0.1) is 0 Å². The van der Waals surface area contributed by atoms with Crippen molar-refractivity contribution in [1.29, 1.82) is 0 Å². The van der Waals surface area contributed by atoms with Crippen LogP contribution in [0.3, 0.4) is 0 Å². The van der Waals surface area contributed by atoms with E-state index in [4.69, 9.17) is 16.3 Å². The summed E-state index contributed by atoms with van der Waals surface area (Å²) in [5.74, 6) is -0.0164. The van der Waals surface area contributed by atoms with Gasteiger partial charge in [0.2, 0.25) is 5.91 Å². The van der Waals surface area contributed by atoms with Gasteiger partial charge in [0, 0.05) is 19.7 Å². The van der Waals surface area contributed by atoms with Gasteiger partial charge < -0.3 is 9.64 Å². The Morgan fingerprint density at radius 3 is 2.89 bits per heavy atom. The van der Waals surface area contributed by atoms with Crippen LogP contribution in [-0.4, -0.2) is 36.6 Å². The maximum Gasteiger partial charge on any atom is 0.245 e. The SMILES string of the molecule is CCOC1CCCN(C(=O)C(Cl)c2ccccc2)C1. The second kappa shape index (κ2) is 6.92. The summed E-state index contributed by atoms with van der Waals surface area (Å²) in [5, 5.41) is -0.596. The van der Waals surface area contributed by atoms with E-state index in [0.29, 0.717) is 13.2 Å². The minimum Gasteiger partial charge on any atom is -0.377 e. The molecule has 0 saturated carbocycles. The third-order valence-electron chi connectivity index (χ3n) is 3.40. The van der Waals surface area contributed by atoms with E-state index >= 15 is 0 Å². The van der Waals surface area contributed by atoms with Crippen LogP contribution >= 0.6 is 11.6 Å². The highest BCUT2D eigenvalue weighted by atomic mass is 35.5. The Morgan fingerprint density at radius 1 is 1.47 bits per heavy atom. The van der Waals surface area contributed by atoms with E-state index in [1.54, 1.807) is 0 Å². The number of carbonyl (C=O) groups excluding carboxylic acids is 1. The molecule has 1 amide bonds. The molecule has 104 valence electrons. The van der Waals surface area contributed by atoms with Crippen molar-refractivity contribution >= 4 is 17.5 Å². The number of alkyl halides is 1. The minimum absolute atomic E-state index is 0.0164. The Kier molecular flexibility index (Phi) is 5.23.